The number of hydrogen-bond donors (Lipinski definition) is 2. The Balaban J connectivity index is 1.31. The van der Waals surface area contributed by atoms with Crippen LogP contribution in [0.1, 0.15) is 0 Å². The number of fused-ring (bicyclic) bond motifs is 1. The van der Waals surface area contributed by atoms with E-state index in [1.807, 2.05) is 42.3 Å². The van der Waals surface area contributed by atoms with Gasteiger partial charge in [-0.3, -0.25) is 14.6 Å². The predicted molar refractivity (Wildman–Crippen MR) is 121 cm³/mol. The largest absolute Gasteiger partial charge is 0.379 e. The summed E-state index contributed by atoms with van der Waals surface area (Å²) in [5.41, 5.74) is 3.66. The van der Waals surface area contributed by atoms with Gasteiger partial charge in [-0.05, 0) is 18.2 Å². The van der Waals surface area contributed by atoms with E-state index in [1.54, 1.807) is 0 Å². The summed E-state index contributed by atoms with van der Waals surface area (Å²) in [6.45, 7) is 5.41. The molecule has 160 valence electrons. The van der Waals surface area contributed by atoms with E-state index >= 15 is 0 Å². The molecule has 0 aromatic carbocycles. The van der Waals surface area contributed by atoms with Gasteiger partial charge in [0.05, 0.1) is 37.0 Å². The van der Waals surface area contributed by atoms with Crippen molar-refractivity contribution < 1.29 is 4.74 Å². The molecule has 4 aromatic rings. The molecule has 11 heteroatoms. The summed E-state index contributed by atoms with van der Waals surface area (Å²) in [4.78, 5) is 11.7. The number of morpholine rings is 1. The van der Waals surface area contributed by atoms with Crippen LogP contribution in [-0.4, -0.2) is 74.7 Å². The molecule has 1 aliphatic rings. The van der Waals surface area contributed by atoms with Crippen LogP contribution in [0.2, 0.25) is 0 Å². The van der Waals surface area contributed by atoms with E-state index in [4.69, 9.17) is 9.72 Å². The van der Waals surface area contributed by atoms with E-state index in [2.05, 4.69) is 42.0 Å². The molecule has 0 saturated carbocycles. The molecular weight excluding hydrogens is 414 g/mol. The van der Waals surface area contributed by atoms with Gasteiger partial charge in [0, 0.05) is 50.2 Å². The minimum atomic E-state index is 0.682. The Bertz CT molecular complexity index is 1170. The van der Waals surface area contributed by atoms with Crippen molar-refractivity contribution in [3.05, 3.63) is 36.8 Å². The SMILES string of the molecule is CNc1nnc(Nc2ccc3ncc(-c4cnn(CCN5CCOCC5)c4)cc3n2)s1. The minimum Gasteiger partial charge on any atom is -0.379 e. The first kappa shape index (κ1) is 19.8. The van der Waals surface area contributed by atoms with Crippen LogP contribution in [0.3, 0.4) is 0 Å². The second-order valence-electron chi connectivity index (χ2n) is 7.19. The second kappa shape index (κ2) is 8.92. The fraction of sp³-hybridized carbons (Fsp3) is 0.350. The highest BCUT2D eigenvalue weighted by Gasteiger charge is 2.11. The highest BCUT2D eigenvalue weighted by Crippen LogP contribution is 2.25. The molecule has 5 heterocycles. The molecule has 0 unspecified atom stereocenters. The molecule has 1 aliphatic heterocycles. The Kier molecular flexibility index (Phi) is 5.69. The lowest BCUT2D eigenvalue weighted by molar-refractivity contribution is 0.0360. The number of nitrogens with zero attached hydrogens (tertiary/aromatic N) is 7. The second-order valence-corrected chi connectivity index (χ2v) is 8.17. The Hall–Kier alpha value is -3.15. The zero-order chi connectivity index (χ0) is 21.0. The lowest BCUT2D eigenvalue weighted by Gasteiger charge is -2.26. The number of anilines is 3. The predicted octanol–water partition coefficient (Wildman–Crippen LogP) is 2.46. The molecule has 0 bridgehead atoms. The lowest BCUT2D eigenvalue weighted by atomic mass is 10.1. The molecule has 0 amide bonds. The Morgan fingerprint density at radius 2 is 1.90 bits per heavy atom. The van der Waals surface area contributed by atoms with E-state index < -0.39 is 0 Å². The Morgan fingerprint density at radius 1 is 1.03 bits per heavy atom. The molecule has 0 spiro atoms. The third-order valence-electron chi connectivity index (χ3n) is 5.13. The molecule has 4 aromatic heterocycles. The van der Waals surface area contributed by atoms with Crippen LogP contribution in [0.15, 0.2) is 36.8 Å². The van der Waals surface area contributed by atoms with Crippen LogP contribution in [0.25, 0.3) is 22.2 Å². The highest BCUT2D eigenvalue weighted by atomic mass is 32.1. The zero-order valence-corrected chi connectivity index (χ0v) is 18.0. The van der Waals surface area contributed by atoms with Crippen molar-refractivity contribution in [1.29, 1.82) is 0 Å². The van der Waals surface area contributed by atoms with Crippen molar-refractivity contribution in [2.24, 2.45) is 0 Å². The maximum absolute atomic E-state index is 5.41. The van der Waals surface area contributed by atoms with E-state index in [9.17, 15) is 0 Å². The monoisotopic (exact) mass is 437 g/mol. The quantitative estimate of drug-likeness (QED) is 0.451. The Morgan fingerprint density at radius 3 is 2.74 bits per heavy atom. The average Bonchev–Trinajstić information content (AvgIpc) is 3.47. The van der Waals surface area contributed by atoms with Gasteiger partial charge in [-0.15, -0.1) is 10.2 Å². The molecule has 1 saturated heterocycles. The first-order valence-corrected chi connectivity index (χ1v) is 11.0. The number of nitrogens with one attached hydrogen (secondary N) is 2. The first-order chi connectivity index (χ1) is 15.3. The molecule has 0 radical (unpaired) electrons. The van der Waals surface area contributed by atoms with Crippen LogP contribution in [0.5, 0.6) is 0 Å². The van der Waals surface area contributed by atoms with Crippen LogP contribution in [-0.2, 0) is 11.3 Å². The fourth-order valence-electron chi connectivity index (χ4n) is 3.42. The van der Waals surface area contributed by atoms with E-state index in [-0.39, 0.29) is 0 Å². The van der Waals surface area contributed by atoms with Crippen molar-refractivity contribution in [2.75, 3.05) is 50.5 Å². The van der Waals surface area contributed by atoms with Crippen LogP contribution >= 0.6 is 11.3 Å². The standard InChI is InChI=1S/C20H23N9OS/c1-21-19-26-27-20(31-19)25-18-3-2-16-17(24-18)10-14(11-22-16)15-12-23-29(13-15)5-4-28-6-8-30-9-7-28/h2-3,10-13H,4-9H2,1H3,(H,21,26)(H,24,25,27). The Labute approximate surface area is 183 Å². The number of rotatable bonds is 7. The lowest BCUT2D eigenvalue weighted by Crippen LogP contribution is -2.38. The number of hydrogen-bond acceptors (Lipinski definition) is 10. The van der Waals surface area contributed by atoms with Crippen molar-refractivity contribution in [3.63, 3.8) is 0 Å². The summed E-state index contributed by atoms with van der Waals surface area (Å²) in [5, 5.41) is 20.3. The number of aromatic nitrogens is 6. The van der Waals surface area contributed by atoms with Crippen molar-refractivity contribution in [1.82, 2.24) is 34.8 Å². The van der Waals surface area contributed by atoms with E-state index in [1.165, 1.54) is 11.3 Å². The van der Waals surface area contributed by atoms with Crippen LogP contribution in [0, 0.1) is 0 Å². The summed E-state index contributed by atoms with van der Waals surface area (Å²) in [7, 11) is 1.82. The van der Waals surface area contributed by atoms with E-state index in [0.29, 0.717) is 10.9 Å². The first-order valence-electron chi connectivity index (χ1n) is 10.1. The summed E-state index contributed by atoms with van der Waals surface area (Å²) in [6, 6.07) is 5.87. The third-order valence-corrected chi connectivity index (χ3v) is 5.98. The number of ether oxygens (including phenoxy) is 1. The van der Waals surface area contributed by atoms with Gasteiger partial charge >= 0.3 is 0 Å². The summed E-state index contributed by atoms with van der Waals surface area (Å²) >= 11 is 1.43. The third kappa shape index (κ3) is 4.63. The van der Waals surface area contributed by atoms with Gasteiger partial charge in [-0.25, -0.2) is 4.98 Å². The summed E-state index contributed by atoms with van der Waals surface area (Å²) in [6.07, 6.45) is 5.81. The number of pyridine rings is 2. The maximum Gasteiger partial charge on any atom is 0.212 e. The van der Waals surface area contributed by atoms with Crippen molar-refractivity contribution in [2.45, 2.75) is 6.54 Å². The molecule has 0 atom stereocenters. The average molecular weight is 438 g/mol. The van der Waals surface area contributed by atoms with Gasteiger partial charge in [0.15, 0.2) is 0 Å². The molecule has 10 nitrogen and oxygen atoms in total. The van der Waals surface area contributed by atoms with Crippen molar-refractivity contribution in [3.8, 4) is 11.1 Å². The van der Waals surface area contributed by atoms with Gasteiger partial charge in [0.25, 0.3) is 0 Å². The van der Waals surface area contributed by atoms with Gasteiger partial charge in [-0.2, -0.15) is 5.10 Å². The molecule has 1 fully saturated rings. The smallest absolute Gasteiger partial charge is 0.212 e. The molecule has 5 rings (SSSR count). The van der Waals surface area contributed by atoms with E-state index in [0.717, 1.165) is 66.7 Å². The maximum atomic E-state index is 5.41. The van der Waals surface area contributed by atoms with Crippen LogP contribution in [0.4, 0.5) is 16.1 Å². The molecule has 2 N–H and O–H groups in total. The van der Waals surface area contributed by atoms with Gasteiger partial charge in [0.2, 0.25) is 10.3 Å². The summed E-state index contributed by atoms with van der Waals surface area (Å²) in [5.74, 6) is 0.700. The van der Waals surface area contributed by atoms with Gasteiger partial charge in [0.1, 0.15) is 5.82 Å². The van der Waals surface area contributed by atoms with Gasteiger partial charge in [-0.1, -0.05) is 11.3 Å². The van der Waals surface area contributed by atoms with Crippen LogP contribution < -0.4 is 10.6 Å². The van der Waals surface area contributed by atoms with Gasteiger partial charge < -0.3 is 15.4 Å². The fourth-order valence-corrected chi connectivity index (χ4v) is 4.03. The molecular formula is C20H23N9OS. The minimum absolute atomic E-state index is 0.682. The summed E-state index contributed by atoms with van der Waals surface area (Å²) < 4.78 is 7.39. The van der Waals surface area contributed by atoms with Crippen molar-refractivity contribution >= 4 is 38.5 Å². The normalized spacial score (nSPS) is 14.7. The zero-order valence-electron chi connectivity index (χ0n) is 17.2. The molecule has 31 heavy (non-hydrogen) atoms. The highest BCUT2D eigenvalue weighted by molar-refractivity contribution is 7.19. The molecule has 0 aliphatic carbocycles. The topological polar surface area (TPSA) is 106 Å².